The van der Waals surface area contributed by atoms with Gasteiger partial charge < -0.3 is 19.5 Å². The molecule has 1 aromatic heterocycles. The summed E-state index contributed by atoms with van der Waals surface area (Å²) in [6.45, 7) is 4.47. The summed E-state index contributed by atoms with van der Waals surface area (Å²) in [5.41, 5.74) is 1.88. The number of hydrogen-bond acceptors (Lipinski definition) is 6. The third kappa shape index (κ3) is 5.63. The second-order valence-corrected chi connectivity index (χ2v) is 8.42. The number of nitrogens with one attached hydrogen (secondary N) is 1. The van der Waals surface area contributed by atoms with Crippen LogP contribution in [0, 0.1) is 11.7 Å². The van der Waals surface area contributed by atoms with Crippen LogP contribution in [-0.4, -0.2) is 41.5 Å². The number of rotatable bonds is 9. The fourth-order valence-electron chi connectivity index (χ4n) is 3.42. The van der Waals surface area contributed by atoms with Gasteiger partial charge in [0.1, 0.15) is 17.3 Å². The van der Waals surface area contributed by atoms with E-state index in [0.717, 1.165) is 0 Å². The summed E-state index contributed by atoms with van der Waals surface area (Å²) in [4.78, 5) is 17.2. The van der Waals surface area contributed by atoms with Crippen LogP contribution in [0.1, 0.15) is 24.2 Å². The van der Waals surface area contributed by atoms with Crippen molar-refractivity contribution in [1.82, 2.24) is 14.8 Å². The largest absolute Gasteiger partial charge is 0.497 e. The van der Waals surface area contributed by atoms with E-state index in [1.54, 1.807) is 60.7 Å². The molecule has 4 aromatic rings. The summed E-state index contributed by atoms with van der Waals surface area (Å²) in [5.74, 6) is 0.874. The van der Waals surface area contributed by atoms with E-state index in [1.165, 1.54) is 25.0 Å². The summed E-state index contributed by atoms with van der Waals surface area (Å²) >= 11 is 0. The van der Waals surface area contributed by atoms with Crippen molar-refractivity contribution < 1.29 is 23.4 Å². The first-order chi connectivity index (χ1) is 17.4. The molecule has 1 N–H and O–H groups in total. The molecule has 0 atom stereocenters. The molecule has 36 heavy (non-hydrogen) atoms. The Kier molecular flexibility index (Phi) is 7.48. The van der Waals surface area contributed by atoms with Crippen LogP contribution in [0.4, 0.5) is 10.1 Å². The lowest BCUT2D eigenvalue weighted by Crippen LogP contribution is -2.12. The molecule has 0 aliphatic rings. The van der Waals surface area contributed by atoms with Crippen LogP contribution in [0.5, 0.6) is 17.5 Å². The van der Waals surface area contributed by atoms with Crippen LogP contribution in [0.15, 0.2) is 66.7 Å². The molecule has 0 spiro atoms. The molecule has 3 aromatic carbocycles. The van der Waals surface area contributed by atoms with Crippen molar-refractivity contribution in [3.8, 4) is 34.6 Å². The molecule has 0 unspecified atom stereocenters. The number of benzene rings is 3. The molecule has 1 heterocycles. The normalized spacial score (nSPS) is 10.8. The molecule has 8 nitrogen and oxygen atoms in total. The second kappa shape index (κ2) is 10.9. The van der Waals surface area contributed by atoms with Gasteiger partial charge in [0.25, 0.3) is 5.91 Å². The van der Waals surface area contributed by atoms with Crippen LogP contribution in [0.25, 0.3) is 17.1 Å². The first-order valence-electron chi connectivity index (χ1n) is 11.4. The lowest BCUT2D eigenvalue weighted by molar-refractivity contribution is 0.102. The highest BCUT2D eigenvalue weighted by Crippen LogP contribution is 2.27. The molecule has 0 saturated carbocycles. The van der Waals surface area contributed by atoms with Crippen LogP contribution in [0.3, 0.4) is 0 Å². The Morgan fingerprint density at radius 3 is 2.28 bits per heavy atom. The minimum absolute atomic E-state index is 0.159. The topological polar surface area (TPSA) is 87.5 Å². The SMILES string of the molecule is COc1cc(OC)cc(C(=O)Nc2ccc(-n3nc(OCC(C)C)nc3-c3ccccc3F)cc2)c1. The average Bonchev–Trinajstić information content (AvgIpc) is 3.31. The third-order valence-corrected chi connectivity index (χ3v) is 5.23. The molecule has 0 fully saturated rings. The fraction of sp³-hybridized carbons (Fsp3) is 0.222. The monoisotopic (exact) mass is 490 g/mol. The molecule has 0 aliphatic carbocycles. The van der Waals surface area contributed by atoms with Crippen LogP contribution < -0.4 is 19.5 Å². The van der Waals surface area contributed by atoms with Gasteiger partial charge in [-0.15, -0.1) is 5.10 Å². The lowest BCUT2D eigenvalue weighted by Gasteiger charge is -2.10. The molecule has 0 radical (unpaired) electrons. The summed E-state index contributed by atoms with van der Waals surface area (Å²) in [5, 5.41) is 7.30. The number of hydrogen-bond donors (Lipinski definition) is 1. The highest BCUT2D eigenvalue weighted by Gasteiger charge is 2.18. The van der Waals surface area contributed by atoms with E-state index in [1.807, 2.05) is 13.8 Å². The van der Waals surface area contributed by atoms with E-state index in [0.29, 0.717) is 46.4 Å². The van der Waals surface area contributed by atoms with Gasteiger partial charge in [-0.1, -0.05) is 26.0 Å². The van der Waals surface area contributed by atoms with Crippen molar-refractivity contribution in [2.45, 2.75) is 13.8 Å². The standard InChI is InChI=1S/C27H27FN4O4/c1-17(2)16-36-27-30-25(23-7-5-6-8-24(23)28)32(31-27)20-11-9-19(10-12-20)29-26(33)18-13-21(34-3)15-22(14-18)35-4/h5-15,17H,16H2,1-4H3,(H,29,33). The van der Waals surface area contributed by atoms with Crippen molar-refractivity contribution in [1.29, 1.82) is 0 Å². The predicted molar refractivity (Wildman–Crippen MR) is 135 cm³/mol. The zero-order valence-electron chi connectivity index (χ0n) is 20.5. The van der Waals surface area contributed by atoms with Crippen molar-refractivity contribution in [2.24, 2.45) is 5.92 Å². The number of aromatic nitrogens is 3. The highest BCUT2D eigenvalue weighted by molar-refractivity contribution is 6.04. The van der Waals surface area contributed by atoms with Gasteiger partial charge in [0.2, 0.25) is 0 Å². The van der Waals surface area contributed by atoms with Crippen molar-refractivity contribution in [3.63, 3.8) is 0 Å². The number of carbonyl (C=O) groups is 1. The zero-order chi connectivity index (χ0) is 25.7. The maximum atomic E-state index is 14.6. The van der Waals surface area contributed by atoms with Gasteiger partial charge in [-0.05, 0) is 54.4 Å². The van der Waals surface area contributed by atoms with E-state index in [9.17, 15) is 9.18 Å². The first kappa shape index (κ1) is 24.7. The van der Waals surface area contributed by atoms with Crippen molar-refractivity contribution >= 4 is 11.6 Å². The molecular formula is C27H27FN4O4. The number of halogens is 1. The van der Waals surface area contributed by atoms with Crippen LogP contribution in [-0.2, 0) is 0 Å². The average molecular weight is 491 g/mol. The number of anilines is 1. The Morgan fingerprint density at radius 1 is 1.00 bits per heavy atom. The van der Waals surface area contributed by atoms with Crippen molar-refractivity contribution in [2.75, 3.05) is 26.1 Å². The Hall–Kier alpha value is -4.40. The first-order valence-corrected chi connectivity index (χ1v) is 11.4. The van der Waals surface area contributed by atoms with Gasteiger partial charge in [-0.25, -0.2) is 9.07 Å². The third-order valence-electron chi connectivity index (χ3n) is 5.23. The lowest BCUT2D eigenvalue weighted by atomic mass is 10.1. The minimum Gasteiger partial charge on any atom is -0.497 e. The number of nitrogens with zero attached hydrogens (tertiary/aromatic N) is 3. The molecule has 4 rings (SSSR count). The van der Waals surface area contributed by atoms with E-state index in [-0.39, 0.29) is 17.8 Å². The Balaban J connectivity index is 1.61. The summed E-state index contributed by atoms with van der Waals surface area (Å²) < 4.78 is 32.3. The van der Waals surface area contributed by atoms with E-state index in [2.05, 4.69) is 15.4 Å². The minimum atomic E-state index is -0.417. The maximum absolute atomic E-state index is 14.6. The van der Waals surface area contributed by atoms with Crippen LogP contribution in [0.2, 0.25) is 0 Å². The van der Waals surface area contributed by atoms with E-state index >= 15 is 0 Å². The number of ether oxygens (including phenoxy) is 3. The van der Waals surface area contributed by atoms with E-state index in [4.69, 9.17) is 14.2 Å². The molecule has 1 amide bonds. The highest BCUT2D eigenvalue weighted by atomic mass is 19.1. The number of methoxy groups -OCH3 is 2. The van der Waals surface area contributed by atoms with Crippen molar-refractivity contribution in [3.05, 3.63) is 78.1 Å². The molecular weight excluding hydrogens is 463 g/mol. The molecule has 9 heteroatoms. The Morgan fingerprint density at radius 2 is 1.67 bits per heavy atom. The summed E-state index contributed by atoms with van der Waals surface area (Å²) in [7, 11) is 3.04. The quantitative estimate of drug-likeness (QED) is 0.339. The molecule has 0 bridgehead atoms. The second-order valence-electron chi connectivity index (χ2n) is 8.42. The van der Waals surface area contributed by atoms with Gasteiger partial charge >= 0.3 is 6.01 Å². The molecule has 0 saturated heterocycles. The smallest absolute Gasteiger partial charge is 0.336 e. The fourth-order valence-corrected chi connectivity index (χ4v) is 3.42. The van der Waals surface area contributed by atoms with Gasteiger partial charge in [0, 0.05) is 17.3 Å². The number of carbonyl (C=O) groups excluding carboxylic acids is 1. The van der Waals surface area contributed by atoms with Gasteiger partial charge in [0.05, 0.1) is 32.1 Å². The zero-order valence-corrected chi connectivity index (χ0v) is 20.5. The molecule has 0 aliphatic heterocycles. The maximum Gasteiger partial charge on any atom is 0.336 e. The summed E-state index contributed by atoms with van der Waals surface area (Å²) in [6, 6.07) is 18.4. The van der Waals surface area contributed by atoms with Gasteiger partial charge in [-0.3, -0.25) is 4.79 Å². The number of amides is 1. The van der Waals surface area contributed by atoms with E-state index < -0.39 is 5.82 Å². The van der Waals surface area contributed by atoms with Crippen LogP contribution >= 0.6 is 0 Å². The Labute approximate surface area is 208 Å². The van der Waals surface area contributed by atoms with Gasteiger partial charge in [-0.2, -0.15) is 4.98 Å². The Bertz CT molecular complexity index is 1330. The summed E-state index contributed by atoms with van der Waals surface area (Å²) in [6.07, 6.45) is 0. The van der Waals surface area contributed by atoms with Gasteiger partial charge in [0.15, 0.2) is 5.82 Å². The predicted octanol–water partition coefficient (Wildman–Crippen LogP) is 5.38. The molecule has 186 valence electrons.